The third kappa shape index (κ3) is 8.44. The first-order chi connectivity index (χ1) is 23.7. The Morgan fingerprint density at radius 3 is 2.38 bits per heavy atom. The first-order valence-corrected chi connectivity index (χ1v) is 18.0. The van der Waals surface area contributed by atoms with E-state index in [1.54, 1.807) is 29.8 Å². The number of hydrogen-bond acceptors (Lipinski definition) is 8. The van der Waals surface area contributed by atoms with Crippen molar-refractivity contribution >= 4 is 29.4 Å². The Labute approximate surface area is 294 Å². The second-order valence-electron chi connectivity index (χ2n) is 15.2. The molecular formula is C36H53FN8O5. The summed E-state index contributed by atoms with van der Waals surface area (Å²) in [6.45, 7) is 11.6. The van der Waals surface area contributed by atoms with Crippen LogP contribution in [-0.4, -0.2) is 106 Å². The van der Waals surface area contributed by atoms with Crippen LogP contribution in [0.25, 0.3) is 0 Å². The van der Waals surface area contributed by atoms with E-state index in [-0.39, 0.29) is 40.8 Å². The number of halogens is 1. The summed E-state index contributed by atoms with van der Waals surface area (Å²) in [6.07, 6.45) is 5.57. The van der Waals surface area contributed by atoms with Gasteiger partial charge in [0.15, 0.2) is 5.69 Å². The van der Waals surface area contributed by atoms with E-state index in [9.17, 15) is 19.2 Å². The number of benzene rings is 1. The summed E-state index contributed by atoms with van der Waals surface area (Å²) in [5.74, 6) is -2.22. The Balaban J connectivity index is 1.34. The minimum absolute atomic E-state index is 0.0265. The number of anilines is 1. The Kier molecular flexibility index (Phi) is 11.5. The minimum Gasteiger partial charge on any atom is -0.338 e. The molecule has 14 heteroatoms. The van der Waals surface area contributed by atoms with Gasteiger partial charge in [-0.3, -0.25) is 19.3 Å². The summed E-state index contributed by atoms with van der Waals surface area (Å²) in [6, 6.07) is 2.38. The number of aromatic nitrogens is 2. The van der Waals surface area contributed by atoms with Gasteiger partial charge in [0.05, 0.1) is 5.69 Å². The van der Waals surface area contributed by atoms with Crippen LogP contribution in [0.2, 0.25) is 0 Å². The molecular weight excluding hydrogens is 643 g/mol. The van der Waals surface area contributed by atoms with Crippen LogP contribution in [0.4, 0.5) is 14.9 Å². The van der Waals surface area contributed by atoms with Gasteiger partial charge in [0.25, 0.3) is 5.91 Å². The molecule has 5 rings (SSSR count). The number of carbonyl (C=O) groups is 4. The third-order valence-corrected chi connectivity index (χ3v) is 11.1. The molecule has 3 fully saturated rings. The average molecular weight is 697 g/mol. The van der Waals surface area contributed by atoms with Gasteiger partial charge in [0.2, 0.25) is 11.8 Å². The molecule has 1 aromatic carbocycles. The number of urea groups is 1. The lowest BCUT2D eigenvalue weighted by Gasteiger charge is -2.46. The summed E-state index contributed by atoms with van der Waals surface area (Å²) in [7, 11) is 3.75. The van der Waals surface area contributed by atoms with Crippen molar-refractivity contribution in [3.8, 4) is 0 Å². The summed E-state index contributed by atoms with van der Waals surface area (Å²) in [5.41, 5.74) is 0.614. The highest BCUT2D eigenvalue weighted by Crippen LogP contribution is 2.32. The molecule has 0 spiro atoms. The smallest absolute Gasteiger partial charge is 0.318 e. The van der Waals surface area contributed by atoms with Gasteiger partial charge in [0, 0.05) is 44.2 Å². The van der Waals surface area contributed by atoms with Crippen molar-refractivity contribution in [1.82, 2.24) is 35.6 Å². The van der Waals surface area contributed by atoms with Gasteiger partial charge in [-0.25, -0.2) is 13.8 Å². The van der Waals surface area contributed by atoms with Gasteiger partial charge in [0.1, 0.15) is 23.6 Å². The van der Waals surface area contributed by atoms with Gasteiger partial charge in [-0.2, -0.15) is 0 Å². The van der Waals surface area contributed by atoms with Gasteiger partial charge in [-0.15, -0.1) is 0 Å². The van der Waals surface area contributed by atoms with Crippen molar-refractivity contribution in [2.45, 2.75) is 109 Å². The molecule has 2 aromatic rings. The molecule has 1 aromatic heterocycles. The standard InChI is InChI=1S/C36H53FN8O5/c1-8-27-31(42-50-41-27)33(47)39-30(23-11-9-21(2)10-12-23)32(46)38-28-16-13-24(19-26(28)37)22(3)29(40-35(49)44(7)25-14-15-25)34(48)45-18-17-43(6)36(4,5)20-45/h13,16,19,21-23,25,29-30H,8-12,14-15,17-18,20H2,1-7H3,(H,38,46)(H,39,47)(H,40,49)/t21?,22-,23?,29+,30-/m0/s1. The van der Waals surface area contributed by atoms with Crippen LogP contribution in [0, 0.1) is 17.7 Å². The zero-order chi connectivity index (χ0) is 36.3. The van der Waals surface area contributed by atoms with Crippen molar-refractivity contribution in [3.63, 3.8) is 0 Å². The number of nitrogens with one attached hydrogen (secondary N) is 3. The number of piperazine rings is 1. The lowest BCUT2D eigenvalue weighted by molar-refractivity contribution is -0.138. The van der Waals surface area contributed by atoms with Gasteiger partial charge in [-0.1, -0.05) is 44.8 Å². The van der Waals surface area contributed by atoms with Crippen molar-refractivity contribution in [1.29, 1.82) is 0 Å². The predicted molar refractivity (Wildman–Crippen MR) is 186 cm³/mol. The molecule has 13 nitrogen and oxygen atoms in total. The summed E-state index contributed by atoms with van der Waals surface area (Å²) < 4.78 is 20.6. The molecule has 50 heavy (non-hydrogen) atoms. The molecule has 1 aliphatic heterocycles. The van der Waals surface area contributed by atoms with Crippen LogP contribution in [0.1, 0.15) is 101 Å². The number of rotatable bonds is 11. The van der Waals surface area contributed by atoms with E-state index in [4.69, 9.17) is 4.63 Å². The van der Waals surface area contributed by atoms with Crippen molar-refractivity contribution in [2.75, 3.05) is 39.0 Å². The zero-order valence-electron chi connectivity index (χ0n) is 30.4. The molecule has 0 unspecified atom stereocenters. The number of hydrogen-bond donors (Lipinski definition) is 3. The van der Waals surface area contributed by atoms with Crippen LogP contribution >= 0.6 is 0 Å². The molecule has 3 aliphatic rings. The van der Waals surface area contributed by atoms with Crippen LogP contribution in [-0.2, 0) is 16.0 Å². The number of nitrogens with zero attached hydrogens (tertiary/aromatic N) is 5. The Morgan fingerprint density at radius 2 is 1.76 bits per heavy atom. The fraction of sp³-hybridized carbons (Fsp3) is 0.667. The largest absolute Gasteiger partial charge is 0.338 e. The number of aryl methyl sites for hydroxylation is 1. The Morgan fingerprint density at radius 1 is 1.06 bits per heavy atom. The quantitative estimate of drug-likeness (QED) is 0.317. The van der Waals surface area contributed by atoms with Crippen LogP contribution in [0.5, 0.6) is 0 Å². The maximum absolute atomic E-state index is 15.9. The van der Waals surface area contributed by atoms with E-state index in [1.165, 1.54) is 12.1 Å². The lowest BCUT2D eigenvalue weighted by Crippen LogP contribution is -2.62. The van der Waals surface area contributed by atoms with E-state index >= 15 is 4.39 Å². The highest BCUT2D eigenvalue weighted by Gasteiger charge is 2.40. The lowest BCUT2D eigenvalue weighted by atomic mass is 9.79. The molecule has 3 N–H and O–H groups in total. The molecule has 2 heterocycles. The predicted octanol–water partition coefficient (Wildman–Crippen LogP) is 4.16. The normalized spacial score (nSPS) is 22.6. The van der Waals surface area contributed by atoms with Crippen molar-refractivity contribution in [2.24, 2.45) is 11.8 Å². The zero-order valence-corrected chi connectivity index (χ0v) is 30.4. The molecule has 2 aliphatic carbocycles. The van der Waals surface area contributed by atoms with Crippen LogP contribution in [0.3, 0.4) is 0 Å². The fourth-order valence-corrected chi connectivity index (χ4v) is 7.04. The molecule has 1 saturated heterocycles. The Bertz CT molecular complexity index is 1550. The molecule has 3 atom stereocenters. The summed E-state index contributed by atoms with van der Waals surface area (Å²) in [4.78, 5) is 59.9. The van der Waals surface area contributed by atoms with E-state index in [0.717, 1.165) is 38.5 Å². The van der Waals surface area contributed by atoms with E-state index in [1.807, 2.05) is 14.0 Å². The van der Waals surface area contributed by atoms with Gasteiger partial charge in [-0.05, 0) is 87.7 Å². The van der Waals surface area contributed by atoms with Gasteiger partial charge >= 0.3 is 6.03 Å². The molecule has 0 bridgehead atoms. The highest BCUT2D eigenvalue weighted by atomic mass is 19.1. The minimum atomic E-state index is -0.935. The van der Waals surface area contributed by atoms with E-state index < -0.39 is 35.6 Å². The highest BCUT2D eigenvalue weighted by molar-refractivity contribution is 6.01. The topological polar surface area (TPSA) is 153 Å². The molecule has 2 saturated carbocycles. The third-order valence-electron chi connectivity index (χ3n) is 11.1. The monoisotopic (exact) mass is 696 g/mol. The van der Waals surface area contributed by atoms with E-state index in [0.29, 0.717) is 43.2 Å². The molecule has 5 amide bonds. The van der Waals surface area contributed by atoms with E-state index in [2.05, 4.69) is 51.9 Å². The summed E-state index contributed by atoms with van der Waals surface area (Å²) >= 11 is 0. The number of amides is 5. The average Bonchev–Trinajstić information content (AvgIpc) is 3.83. The first kappa shape index (κ1) is 37.2. The molecule has 0 radical (unpaired) electrons. The van der Waals surface area contributed by atoms with Gasteiger partial charge < -0.3 is 25.8 Å². The Hall–Kier alpha value is -4.07. The molecule has 274 valence electrons. The second kappa shape index (κ2) is 15.4. The summed E-state index contributed by atoms with van der Waals surface area (Å²) in [5, 5.41) is 16.0. The van der Waals surface area contributed by atoms with Crippen LogP contribution < -0.4 is 16.0 Å². The maximum Gasteiger partial charge on any atom is 0.318 e. The maximum atomic E-state index is 15.9. The first-order valence-electron chi connectivity index (χ1n) is 18.0. The van der Waals surface area contributed by atoms with Crippen molar-refractivity contribution in [3.05, 3.63) is 41.0 Å². The number of likely N-dealkylation sites (N-methyl/N-ethyl adjacent to an activating group) is 1. The van der Waals surface area contributed by atoms with Crippen LogP contribution in [0.15, 0.2) is 22.8 Å². The fourth-order valence-electron chi connectivity index (χ4n) is 7.04. The SMILES string of the molecule is CCc1nonc1C(=O)N[C@H](C(=O)Nc1ccc([C@H](C)[C@@H](NC(=O)N(C)C2CC2)C(=O)N2CCN(C)C(C)(C)C2)cc1F)C1CCC(C)CC1. The second-order valence-corrected chi connectivity index (χ2v) is 15.2. The van der Waals surface area contributed by atoms with Crippen molar-refractivity contribution < 1.29 is 28.2 Å². The number of carbonyl (C=O) groups excluding carboxylic acids is 4.